The molecule has 1 aromatic heterocycles. The molecule has 0 fully saturated rings. The van der Waals surface area contributed by atoms with E-state index in [1.807, 2.05) is 0 Å². The lowest BCUT2D eigenvalue weighted by Crippen LogP contribution is -2.43. The Balaban J connectivity index is 1.54. The third-order valence-electron chi connectivity index (χ3n) is 3.21. The van der Waals surface area contributed by atoms with Crippen molar-refractivity contribution in [1.29, 1.82) is 0 Å². The molecule has 0 bridgehead atoms. The molecule has 0 spiro atoms. The number of amides is 2. The Morgan fingerprint density at radius 3 is 2.72 bits per heavy atom. The van der Waals surface area contributed by atoms with Crippen molar-refractivity contribution >= 4 is 34.4 Å². The van der Waals surface area contributed by atoms with E-state index in [1.165, 1.54) is 24.3 Å². The summed E-state index contributed by atoms with van der Waals surface area (Å²) in [4.78, 5) is 23.6. The Bertz CT molecular complexity index is 941. The number of ether oxygens (including phenoxy) is 1. The molecule has 0 saturated heterocycles. The van der Waals surface area contributed by atoms with Crippen LogP contribution < -0.4 is 15.6 Å². The van der Waals surface area contributed by atoms with Crippen molar-refractivity contribution in [3.05, 3.63) is 65.1 Å². The van der Waals surface area contributed by atoms with Crippen molar-refractivity contribution in [3.8, 4) is 5.75 Å². The van der Waals surface area contributed by atoms with Gasteiger partial charge in [0, 0.05) is 10.4 Å². The van der Waals surface area contributed by atoms with Gasteiger partial charge in [0.1, 0.15) is 5.58 Å². The maximum Gasteiger partial charge on any atom is 0.305 e. The van der Waals surface area contributed by atoms with E-state index in [2.05, 4.69) is 10.9 Å². The number of hydrazine groups is 1. The fourth-order valence-corrected chi connectivity index (χ4v) is 2.24. The number of para-hydroxylation sites is 1. The number of fused-ring (bicyclic) bond motifs is 1. The molecule has 6 nitrogen and oxygen atoms in total. The topological polar surface area (TPSA) is 80.6 Å². The van der Waals surface area contributed by atoms with Crippen LogP contribution in [0.4, 0.5) is 4.39 Å². The summed E-state index contributed by atoms with van der Waals surface area (Å²) in [5.41, 5.74) is 4.83. The third-order valence-corrected chi connectivity index (χ3v) is 3.45. The summed E-state index contributed by atoms with van der Waals surface area (Å²) in [5.74, 6) is -1.94. The summed E-state index contributed by atoms with van der Waals surface area (Å²) in [6, 6.07) is 12.1. The minimum atomic E-state index is -0.657. The zero-order chi connectivity index (χ0) is 17.8. The van der Waals surface area contributed by atoms with Crippen LogP contribution in [0, 0.1) is 5.82 Å². The Labute approximate surface area is 146 Å². The number of hydrogen-bond donors (Lipinski definition) is 2. The van der Waals surface area contributed by atoms with E-state index in [1.54, 1.807) is 24.3 Å². The smallest absolute Gasteiger partial charge is 0.305 e. The Kier molecular flexibility index (Phi) is 4.85. The molecule has 0 unspecified atom stereocenters. The molecule has 2 aromatic carbocycles. The van der Waals surface area contributed by atoms with Crippen molar-refractivity contribution < 1.29 is 23.1 Å². The van der Waals surface area contributed by atoms with Crippen molar-refractivity contribution in [2.75, 3.05) is 6.61 Å². The van der Waals surface area contributed by atoms with Crippen LogP contribution in [-0.2, 0) is 4.79 Å². The van der Waals surface area contributed by atoms with Crippen LogP contribution in [0.5, 0.6) is 5.75 Å². The number of carbonyl (C=O) groups excluding carboxylic acids is 2. The minimum absolute atomic E-state index is 0.00703. The summed E-state index contributed by atoms with van der Waals surface area (Å²) < 4.78 is 23.7. The molecular formula is C17H12ClFN2O4. The Morgan fingerprint density at radius 2 is 1.92 bits per heavy atom. The molecule has 128 valence electrons. The molecule has 1 heterocycles. The lowest BCUT2D eigenvalue weighted by molar-refractivity contribution is -0.123. The minimum Gasteiger partial charge on any atom is -0.481 e. The van der Waals surface area contributed by atoms with E-state index in [0.717, 1.165) is 0 Å². The Morgan fingerprint density at radius 1 is 1.12 bits per heavy atom. The third kappa shape index (κ3) is 4.07. The van der Waals surface area contributed by atoms with Gasteiger partial charge >= 0.3 is 5.91 Å². The van der Waals surface area contributed by atoms with Crippen molar-refractivity contribution in [3.63, 3.8) is 0 Å². The van der Waals surface area contributed by atoms with Crippen LogP contribution in [0.2, 0.25) is 5.02 Å². The summed E-state index contributed by atoms with van der Waals surface area (Å²) in [7, 11) is 0. The van der Waals surface area contributed by atoms with Crippen molar-refractivity contribution in [1.82, 2.24) is 10.9 Å². The van der Waals surface area contributed by atoms with Crippen LogP contribution in [0.3, 0.4) is 0 Å². The number of furan rings is 1. The number of halogens is 2. The summed E-state index contributed by atoms with van der Waals surface area (Å²) in [5, 5.41) is 1.17. The molecule has 0 saturated carbocycles. The Hall–Kier alpha value is -3.06. The predicted molar refractivity (Wildman–Crippen MR) is 88.7 cm³/mol. The lowest BCUT2D eigenvalue weighted by Gasteiger charge is -2.08. The number of rotatable bonds is 4. The SMILES string of the molecule is O=C(COc1ccccc1F)NNC(=O)c1cc2cc(Cl)ccc2o1. The van der Waals surface area contributed by atoms with Gasteiger partial charge in [-0.3, -0.25) is 20.4 Å². The van der Waals surface area contributed by atoms with Crippen molar-refractivity contribution in [2.24, 2.45) is 0 Å². The molecular weight excluding hydrogens is 351 g/mol. The zero-order valence-electron chi connectivity index (χ0n) is 12.7. The first kappa shape index (κ1) is 16.8. The van der Waals surface area contributed by atoms with Gasteiger partial charge in [-0.25, -0.2) is 4.39 Å². The first-order valence-electron chi connectivity index (χ1n) is 7.18. The largest absolute Gasteiger partial charge is 0.481 e. The first-order valence-corrected chi connectivity index (χ1v) is 7.56. The fourth-order valence-electron chi connectivity index (χ4n) is 2.06. The van der Waals surface area contributed by atoms with Crippen LogP contribution in [-0.4, -0.2) is 18.4 Å². The highest BCUT2D eigenvalue weighted by Crippen LogP contribution is 2.22. The van der Waals surface area contributed by atoms with Crippen molar-refractivity contribution in [2.45, 2.75) is 0 Å². The summed E-state index contributed by atoms with van der Waals surface area (Å²) in [6.45, 7) is -0.461. The molecule has 8 heteroatoms. The standard InChI is InChI=1S/C17H12ClFN2O4/c18-11-5-6-13-10(7-11)8-15(25-13)17(23)21-20-16(22)9-24-14-4-2-1-3-12(14)19/h1-8H,9H2,(H,20,22)(H,21,23). The first-order chi connectivity index (χ1) is 12.0. The van der Waals surface area contributed by atoms with Gasteiger partial charge in [0.2, 0.25) is 0 Å². The maximum atomic E-state index is 13.4. The summed E-state index contributed by atoms with van der Waals surface area (Å²) >= 11 is 5.87. The number of hydrogen-bond acceptors (Lipinski definition) is 4. The number of nitrogens with one attached hydrogen (secondary N) is 2. The normalized spacial score (nSPS) is 10.5. The number of benzene rings is 2. The molecule has 3 aromatic rings. The monoisotopic (exact) mass is 362 g/mol. The van der Waals surface area contributed by atoms with Gasteiger partial charge in [-0.1, -0.05) is 23.7 Å². The van der Waals surface area contributed by atoms with E-state index in [9.17, 15) is 14.0 Å². The van der Waals surface area contributed by atoms with Crippen LogP contribution >= 0.6 is 11.6 Å². The van der Waals surface area contributed by atoms with Gasteiger partial charge < -0.3 is 9.15 Å². The van der Waals surface area contributed by atoms with E-state index in [4.69, 9.17) is 20.8 Å². The predicted octanol–water partition coefficient (Wildman–Crippen LogP) is 3.07. The summed E-state index contributed by atoms with van der Waals surface area (Å²) in [6.07, 6.45) is 0. The van der Waals surface area contributed by atoms with Gasteiger partial charge in [0.05, 0.1) is 0 Å². The maximum absolute atomic E-state index is 13.4. The lowest BCUT2D eigenvalue weighted by atomic mass is 10.2. The molecule has 0 atom stereocenters. The molecule has 0 aliphatic carbocycles. The zero-order valence-corrected chi connectivity index (χ0v) is 13.5. The van der Waals surface area contributed by atoms with Crippen LogP contribution in [0.15, 0.2) is 52.9 Å². The van der Waals surface area contributed by atoms with Gasteiger partial charge in [-0.2, -0.15) is 0 Å². The highest BCUT2D eigenvalue weighted by molar-refractivity contribution is 6.31. The molecule has 2 amide bonds. The highest BCUT2D eigenvalue weighted by Gasteiger charge is 2.14. The molecule has 0 aliphatic heterocycles. The average molecular weight is 363 g/mol. The van der Waals surface area contributed by atoms with Crippen LogP contribution in [0.1, 0.15) is 10.6 Å². The molecule has 0 radical (unpaired) electrons. The van der Waals surface area contributed by atoms with E-state index >= 15 is 0 Å². The second kappa shape index (κ2) is 7.23. The number of carbonyl (C=O) groups is 2. The van der Waals surface area contributed by atoms with Gasteiger partial charge in [0.25, 0.3) is 5.91 Å². The second-order valence-corrected chi connectivity index (χ2v) is 5.45. The molecule has 3 rings (SSSR count). The van der Waals surface area contributed by atoms with Gasteiger partial charge in [-0.05, 0) is 36.4 Å². The quantitative estimate of drug-likeness (QED) is 0.699. The van der Waals surface area contributed by atoms with Gasteiger partial charge in [0.15, 0.2) is 23.9 Å². The van der Waals surface area contributed by atoms with E-state index in [-0.39, 0.29) is 11.5 Å². The fraction of sp³-hybridized carbons (Fsp3) is 0.0588. The molecule has 0 aliphatic rings. The highest BCUT2D eigenvalue weighted by atomic mass is 35.5. The van der Waals surface area contributed by atoms with Gasteiger partial charge in [-0.15, -0.1) is 0 Å². The van der Waals surface area contributed by atoms with E-state index in [0.29, 0.717) is 16.0 Å². The average Bonchev–Trinajstić information content (AvgIpc) is 3.02. The van der Waals surface area contributed by atoms with E-state index < -0.39 is 24.2 Å². The molecule has 25 heavy (non-hydrogen) atoms. The second-order valence-electron chi connectivity index (χ2n) is 5.01. The van der Waals surface area contributed by atoms with Crippen LogP contribution in [0.25, 0.3) is 11.0 Å². The molecule has 2 N–H and O–H groups in total.